The van der Waals surface area contributed by atoms with Gasteiger partial charge in [-0.15, -0.1) is 0 Å². The standard InChI is InChI=1S/C18H29N3O/c1-3-4-5-6-10-19-18(22)21-13-11-20(12-14-21)17-9-7-8-16(2)15-17/h7-9,15H,3-6,10-14H2,1-2H3,(H,19,22). The molecule has 0 aromatic heterocycles. The lowest BCUT2D eigenvalue weighted by molar-refractivity contribution is 0.194. The first kappa shape index (κ1) is 16.7. The summed E-state index contributed by atoms with van der Waals surface area (Å²) in [6, 6.07) is 8.67. The van der Waals surface area contributed by atoms with Crippen LogP contribution in [-0.2, 0) is 0 Å². The number of nitrogens with zero attached hydrogens (tertiary/aromatic N) is 2. The van der Waals surface area contributed by atoms with Crippen LogP contribution in [0, 0.1) is 6.92 Å². The third kappa shape index (κ3) is 4.93. The van der Waals surface area contributed by atoms with E-state index >= 15 is 0 Å². The van der Waals surface area contributed by atoms with Gasteiger partial charge in [-0.2, -0.15) is 0 Å². The molecule has 122 valence electrons. The fourth-order valence-electron chi connectivity index (χ4n) is 2.85. The monoisotopic (exact) mass is 303 g/mol. The Labute approximate surface area is 134 Å². The van der Waals surface area contributed by atoms with Crippen molar-refractivity contribution < 1.29 is 4.79 Å². The van der Waals surface area contributed by atoms with Crippen molar-refractivity contribution in [3.63, 3.8) is 0 Å². The summed E-state index contributed by atoms with van der Waals surface area (Å²) in [5, 5.41) is 3.04. The smallest absolute Gasteiger partial charge is 0.317 e. The van der Waals surface area contributed by atoms with Gasteiger partial charge in [0, 0.05) is 38.4 Å². The zero-order valence-electron chi connectivity index (χ0n) is 14.0. The molecule has 2 rings (SSSR count). The topological polar surface area (TPSA) is 35.6 Å². The molecule has 1 heterocycles. The fraction of sp³-hybridized carbons (Fsp3) is 0.611. The summed E-state index contributed by atoms with van der Waals surface area (Å²) >= 11 is 0. The second kappa shape index (κ2) is 8.66. The number of anilines is 1. The summed E-state index contributed by atoms with van der Waals surface area (Å²) in [6.45, 7) is 8.54. The normalized spacial score (nSPS) is 15.0. The van der Waals surface area contributed by atoms with Gasteiger partial charge in [-0.3, -0.25) is 0 Å². The van der Waals surface area contributed by atoms with Gasteiger partial charge in [0.2, 0.25) is 0 Å². The first-order chi connectivity index (χ1) is 10.7. The zero-order chi connectivity index (χ0) is 15.8. The van der Waals surface area contributed by atoms with Gasteiger partial charge < -0.3 is 15.1 Å². The molecule has 1 N–H and O–H groups in total. The highest BCUT2D eigenvalue weighted by atomic mass is 16.2. The Hall–Kier alpha value is -1.71. The van der Waals surface area contributed by atoms with E-state index in [2.05, 4.69) is 48.3 Å². The molecule has 22 heavy (non-hydrogen) atoms. The highest BCUT2D eigenvalue weighted by Crippen LogP contribution is 2.17. The molecule has 1 aliphatic rings. The molecule has 1 aromatic carbocycles. The van der Waals surface area contributed by atoms with Crippen LogP contribution in [0.5, 0.6) is 0 Å². The summed E-state index contributed by atoms with van der Waals surface area (Å²) < 4.78 is 0. The average Bonchev–Trinajstić information content (AvgIpc) is 2.54. The van der Waals surface area contributed by atoms with Crippen LogP contribution in [0.2, 0.25) is 0 Å². The third-order valence-corrected chi connectivity index (χ3v) is 4.24. The van der Waals surface area contributed by atoms with Crippen LogP contribution in [-0.4, -0.2) is 43.7 Å². The van der Waals surface area contributed by atoms with Crippen molar-refractivity contribution in [3.05, 3.63) is 29.8 Å². The highest BCUT2D eigenvalue weighted by molar-refractivity contribution is 5.74. The van der Waals surface area contributed by atoms with Gasteiger partial charge in [0.1, 0.15) is 0 Å². The van der Waals surface area contributed by atoms with Gasteiger partial charge in [0.05, 0.1) is 0 Å². The Kier molecular flexibility index (Phi) is 6.56. The number of carbonyl (C=O) groups is 1. The number of urea groups is 1. The van der Waals surface area contributed by atoms with Crippen molar-refractivity contribution in [2.75, 3.05) is 37.6 Å². The second-order valence-corrected chi connectivity index (χ2v) is 6.11. The number of piperazine rings is 1. The second-order valence-electron chi connectivity index (χ2n) is 6.11. The molecule has 4 nitrogen and oxygen atoms in total. The molecule has 1 aromatic rings. The summed E-state index contributed by atoms with van der Waals surface area (Å²) in [5.41, 5.74) is 2.55. The number of hydrogen-bond acceptors (Lipinski definition) is 2. The molecule has 2 amide bonds. The quantitative estimate of drug-likeness (QED) is 0.818. The van der Waals surface area contributed by atoms with Gasteiger partial charge in [0.25, 0.3) is 0 Å². The Morgan fingerprint density at radius 3 is 2.59 bits per heavy atom. The van der Waals surface area contributed by atoms with Crippen molar-refractivity contribution >= 4 is 11.7 Å². The average molecular weight is 303 g/mol. The van der Waals surface area contributed by atoms with Crippen LogP contribution >= 0.6 is 0 Å². The van der Waals surface area contributed by atoms with Gasteiger partial charge >= 0.3 is 6.03 Å². The number of rotatable bonds is 6. The minimum Gasteiger partial charge on any atom is -0.368 e. The summed E-state index contributed by atoms with van der Waals surface area (Å²) in [4.78, 5) is 16.4. The number of amides is 2. The van der Waals surface area contributed by atoms with Crippen LogP contribution in [0.15, 0.2) is 24.3 Å². The molecule has 1 fully saturated rings. The molecule has 0 saturated carbocycles. The SMILES string of the molecule is CCCCCCNC(=O)N1CCN(c2cccc(C)c2)CC1. The largest absolute Gasteiger partial charge is 0.368 e. The van der Waals surface area contributed by atoms with Crippen LogP contribution in [0.4, 0.5) is 10.5 Å². The number of unbranched alkanes of at least 4 members (excludes halogenated alkanes) is 3. The summed E-state index contributed by atoms with van der Waals surface area (Å²) in [5.74, 6) is 0. The van der Waals surface area contributed by atoms with Crippen LogP contribution < -0.4 is 10.2 Å². The predicted molar refractivity (Wildman–Crippen MR) is 92.5 cm³/mol. The summed E-state index contributed by atoms with van der Waals surface area (Å²) in [6.07, 6.45) is 4.78. The van der Waals surface area contributed by atoms with E-state index < -0.39 is 0 Å². The number of hydrogen-bond donors (Lipinski definition) is 1. The lowest BCUT2D eigenvalue weighted by Crippen LogP contribution is -2.52. The Morgan fingerprint density at radius 1 is 1.14 bits per heavy atom. The van der Waals surface area contributed by atoms with E-state index in [0.29, 0.717) is 0 Å². The highest BCUT2D eigenvalue weighted by Gasteiger charge is 2.20. The number of benzene rings is 1. The third-order valence-electron chi connectivity index (χ3n) is 4.24. The van der Waals surface area contributed by atoms with Crippen LogP contribution in [0.25, 0.3) is 0 Å². The molecule has 0 atom stereocenters. The zero-order valence-corrected chi connectivity index (χ0v) is 14.0. The van der Waals surface area contributed by atoms with E-state index in [1.165, 1.54) is 30.5 Å². The van der Waals surface area contributed by atoms with E-state index in [0.717, 1.165) is 39.1 Å². The van der Waals surface area contributed by atoms with Crippen LogP contribution in [0.3, 0.4) is 0 Å². The Bertz CT molecular complexity index is 467. The van der Waals surface area contributed by atoms with Crippen molar-refractivity contribution in [2.24, 2.45) is 0 Å². The molecular weight excluding hydrogens is 274 g/mol. The molecular formula is C18H29N3O. The minimum absolute atomic E-state index is 0.0976. The Morgan fingerprint density at radius 2 is 1.91 bits per heavy atom. The molecule has 1 saturated heterocycles. The lowest BCUT2D eigenvalue weighted by Gasteiger charge is -2.36. The first-order valence-electron chi connectivity index (χ1n) is 8.55. The molecule has 0 unspecified atom stereocenters. The first-order valence-corrected chi connectivity index (χ1v) is 8.55. The van der Waals surface area contributed by atoms with Crippen molar-refractivity contribution in [1.82, 2.24) is 10.2 Å². The van der Waals surface area contributed by atoms with Crippen molar-refractivity contribution in [3.8, 4) is 0 Å². The maximum absolute atomic E-state index is 12.1. The molecule has 4 heteroatoms. The van der Waals surface area contributed by atoms with Crippen LogP contribution in [0.1, 0.15) is 38.2 Å². The number of nitrogens with one attached hydrogen (secondary N) is 1. The predicted octanol–water partition coefficient (Wildman–Crippen LogP) is 3.41. The van der Waals surface area contributed by atoms with E-state index in [1.807, 2.05) is 4.90 Å². The fourth-order valence-corrected chi connectivity index (χ4v) is 2.85. The maximum atomic E-state index is 12.1. The number of aryl methyl sites for hydroxylation is 1. The number of carbonyl (C=O) groups excluding carboxylic acids is 1. The lowest BCUT2D eigenvalue weighted by atomic mass is 10.2. The molecule has 0 spiro atoms. The minimum atomic E-state index is 0.0976. The van der Waals surface area contributed by atoms with Gasteiger partial charge in [-0.1, -0.05) is 38.3 Å². The van der Waals surface area contributed by atoms with E-state index in [9.17, 15) is 4.79 Å². The van der Waals surface area contributed by atoms with E-state index in [-0.39, 0.29) is 6.03 Å². The van der Waals surface area contributed by atoms with Gasteiger partial charge in [0.15, 0.2) is 0 Å². The van der Waals surface area contributed by atoms with Gasteiger partial charge in [-0.25, -0.2) is 4.79 Å². The molecule has 0 aliphatic carbocycles. The molecule has 0 bridgehead atoms. The van der Waals surface area contributed by atoms with Crippen molar-refractivity contribution in [2.45, 2.75) is 39.5 Å². The van der Waals surface area contributed by atoms with E-state index in [4.69, 9.17) is 0 Å². The summed E-state index contributed by atoms with van der Waals surface area (Å²) in [7, 11) is 0. The van der Waals surface area contributed by atoms with E-state index in [1.54, 1.807) is 0 Å². The van der Waals surface area contributed by atoms with Crippen molar-refractivity contribution in [1.29, 1.82) is 0 Å². The molecule has 1 aliphatic heterocycles. The maximum Gasteiger partial charge on any atom is 0.317 e. The van der Waals surface area contributed by atoms with Gasteiger partial charge in [-0.05, 0) is 31.0 Å². The Balaban J connectivity index is 1.71. The molecule has 0 radical (unpaired) electrons.